The SMILES string of the molecule is CCCCCCCCCCCOC(=O)CCCCCN(C)Cc1ccccc1. The Morgan fingerprint density at radius 2 is 1.43 bits per heavy atom. The van der Waals surface area contributed by atoms with Crippen LogP contribution < -0.4 is 0 Å². The first-order valence-electron chi connectivity index (χ1n) is 11.6. The molecule has 0 aliphatic rings. The van der Waals surface area contributed by atoms with Gasteiger partial charge in [-0.3, -0.25) is 4.79 Å². The molecular weight excluding hydrogens is 346 g/mol. The van der Waals surface area contributed by atoms with Gasteiger partial charge in [-0.2, -0.15) is 0 Å². The summed E-state index contributed by atoms with van der Waals surface area (Å²) in [6.45, 7) is 4.92. The summed E-state index contributed by atoms with van der Waals surface area (Å²) < 4.78 is 5.36. The Balaban J connectivity index is 1.85. The molecule has 0 heterocycles. The summed E-state index contributed by atoms with van der Waals surface area (Å²) in [5.41, 5.74) is 1.35. The highest BCUT2D eigenvalue weighted by atomic mass is 16.5. The number of esters is 1. The summed E-state index contributed by atoms with van der Waals surface area (Å²) in [5, 5.41) is 0. The van der Waals surface area contributed by atoms with Crippen LogP contribution >= 0.6 is 0 Å². The Labute approximate surface area is 173 Å². The third-order valence-corrected chi connectivity index (χ3v) is 5.23. The van der Waals surface area contributed by atoms with Gasteiger partial charge < -0.3 is 9.64 Å². The maximum Gasteiger partial charge on any atom is 0.305 e. The predicted molar refractivity (Wildman–Crippen MR) is 119 cm³/mol. The minimum Gasteiger partial charge on any atom is -0.466 e. The zero-order chi connectivity index (χ0) is 20.3. The van der Waals surface area contributed by atoms with Crippen molar-refractivity contribution in [1.82, 2.24) is 4.90 Å². The fourth-order valence-electron chi connectivity index (χ4n) is 3.47. The zero-order valence-electron chi connectivity index (χ0n) is 18.5. The van der Waals surface area contributed by atoms with Gasteiger partial charge >= 0.3 is 5.97 Å². The average molecular weight is 390 g/mol. The third kappa shape index (κ3) is 14.7. The molecule has 1 aromatic rings. The largest absolute Gasteiger partial charge is 0.466 e. The Bertz CT molecular complexity index is 475. The summed E-state index contributed by atoms with van der Waals surface area (Å²) in [6, 6.07) is 10.6. The maximum atomic E-state index is 11.8. The molecule has 1 aromatic carbocycles. The molecule has 3 heteroatoms. The number of unbranched alkanes of at least 4 members (excludes halogenated alkanes) is 10. The van der Waals surface area contributed by atoms with E-state index in [9.17, 15) is 4.79 Å². The van der Waals surface area contributed by atoms with Gasteiger partial charge in [0, 0.05) is 13.0 Å². The number of rotatable bonds is 18. The van der Waals surface area contributed by atoms with Crippen molar-refractivity contribution in [2.24, 2.45) is 0 Å². The van der Waals surface area contributed by atoms with E-state index in [0.29, 0.717) is 13.0 Å². The predicted octanol–water partition coefficient (Wildman–Crippen LogP) is 6.75. The molecule has 0 atom stereocenters. The lowest BCUT2D eigenvalue weighted by Crippen LogP contribution is -2.19. The minimum atomic E-state index is -0.0165. The Morgan fingerprint density at radius 3 is 2.11 bits per heavy atom. The van der Waals surface area contributed by atoms with Crippen molar-refractivity contribution in [3.63, 3.8) is 0 Å². The van der Waals surface area contributed by atoms with E-state index in [1.165, 1.54) is 56.9 Å². The van der Waals surface area contributed by atoms with Crippen LogP contribution in [0.2, 0.25) is 0 Å². The van der Waals surface area contributed by atoms with E-state index >= 15 is 0 Å². The van der Waals surface area contributed by atoms with Crippen LogP contribution in [0.5, 0.6) is 0 Å². The number of carbonyl (C=O) groups is 1. The zero-order valence-corrected chi connectivity index (χ0v) is 18.5. The minimum absolute atomic E-state index is 0.0165. The summed E-state index contributed by atoms with van der Waals surface area (Å²) in [5.74, 6) is -0.0165. The quantitative estimate of drug-likeness (QED) is 0.205. The summed E-state index contributed by atoms with van der Waals surface area (Å²) in [6.07, 6.45) is 15.4. The van der Waals surface area contributed by atoms with Crippen molar-refractivity contribution in [2.45, 2.75) is 96.9 Å². The van der Waals surface area contributed by atoms with E-state index in [0.717, 1.165) is 38.8 Å². The number of carbonyl (C=O) groups excluding carboxylic acids is 1. The Hall–Kier alpha value is -1.35. The Kier molecular flexibility index (Phi) is 15.6. The smallest absolute Gasteiger partial charge is 0.305 e. The topological polar surface area (TPSA) is 29.5 Å². The third-order valence-electron chi connectivity index (χ3n) is 5.23. The van der Waals surface area contributed by atoms with Gasteiger partial charge in [0.1, 0.15) is 0 Å². The van der Waals surface area contributed by atoms with E-state index in [1.54, 1.807) is 0 Å². The molecule has 0 unspecified atom stereocenters. The van der Waals surface area contributed by atoms with Crippen molar-refractivity contribution >= 4 is 5.97 Å². The van der Waals surface area contributed by atoms with Gasteiger partial charge in [0.15, 0.2) is 0 Å². The fourth-order valence-corrected chi connectivity index (χ4v) is 3.47. The van der Waals surface area contributed by atoms with Gasteiger partial charge in [0.05, 0.1) is 6.61 Å². The first kappa shape index (κ1) is 24.7. The summed E-state index contributed by atoms with van der Waals surface area (Å²) in [7, 11) is 2.16. The first-order valence-corrected chi connectivity index (χ1v) is 11.6. The first-order chi connectivity index (χ1) is 13.7. The molecule has 0 bridgehead atoms. The summed E-state index contributed by atoms with van der Waals surface area (Å²) >= 11 is 0. The molecule has 160 valence electrons. The van der Waals surface area contributed by atoms with Crippen LogP contribution in [0.3, 0.4) is 0 Å². The normalized spacial score (nSPS) is 11.1. The highest BCUT2D eigenvalue weighted by Crippen LogP contribution is 2.10. The number of hydrogen-bond donors (Lipinski definition) is 0. The second-order valence-electron chi connectivity index (χ2n) is 8.08. The lowest BCUT2D eigenvalue weighted by Gasteiger charge is -2.16. The molecular formula is C25H43NO2. The van der Waals surface area contributed by atoms with Crippen molar-refractivity contribution in [3.8, 4) is 0 Å². The van der Waals surface area contributed by atoms with Crippen molar-refractivity contribution in [2.75, 3.05) is 20.2 Å². The van der Waals surface area contributed by atoms with Gasteiger partial charge in [-0.15, -0.1) is 0 Å². The van der Waals surface area contributed by atoms with E-state index in [4.69, 9.17) is 4.74 Å². The van der Waals surface area contributed by atoms with E-state index in [1.807, 2.05) is 0 Å². The van der Waals surface area contributed by atoms with Crippen LogP contribution in [0.4, 0.5) is 0 Å². The molecule has 0 fully saturated rings. The molecule has 0 N–H and O–H groups in total. The number of nitrogens with zero attached hydrogens (tertiary/aromatic N) is 1. The van der Waals surface area contributed by atoms with Crippen LogP contribution in [0.25, 0.3) is 0 Å². The standard InChI is InChI=1S/C25H43NO2/c1-3-4-5-6-7-8-9-10-17-22-28-25(27)20-15-12-16-21-26(2)23-24-18-13-11-14-19-24/h11,13-14,18-19H,3-10,12,15-17,20-23H2,1-2H3. The van der Waals surface area contributed by atoms with E-state index in [2.05, 4.69) is 49.2 Å². The molecule has 0 saturated carbocycles. The fraction of sp³-hybridized carbons (Fsp3) is 0.720. The molecule has 0 amide bonds. The highest BCUT2D eigenvalue weighted by molar-refractivity contribution is 5.69. The van der Waals surface area contributed by atoms with Gasteiger partial charge in [0.25, 0.3) is 0 Å². The second kappa shape index (κ2) is 17.7. The highest BCUT2D eigenvalue weighted by Gasteiger charge is 2.04. The van der Waals surface area contributed by atoms with Gasteiger partial charge in [-0.1, -0.05) is 95.0 Å². The molecule has 0 radical (unpaired) electrons. The number of hydrogen-bond acceptors (Lipinski definition) is 3. The number of ether oxygens (including phenoxy) is 1. The summed E-state index contributed by atoms with van der Waals surface area (Å²) in [4.78, 5) is 14.1. The van der Waals surface area contributed by atoms with Gasteiger partial charge in [-0.25, -0.2) is 0 Å². The lowest BCUT2D eigenvalue weighted by molar-refractivity contribution is -0.143. The van der Waals surface area contributed by atoms with Crippen molar-refractivity contribution in [3.05, 3.63) is 35.9 Å². The molecule has 0 aliphatic carbocycles. The van der Waals surface area contributed by atoms with Gasteiger partial charge in [0.2, 0.25) is 0 Å². The Morgan fingerprint density at radius 1 is 0.821 bits per heavy atom. The second-order valence-corrected chi connectivity index (χ2v) is 8.08. The van der Waals surface area contributed by atoms with Crippen LogP contribution in [-0.2, 0) is 16.1 Å². The van der Waals surface area contributed by atoms with Crippen molar-refractivity contribution < 1.29 is 9.53 Å². The molecule has 3 nitrogen and oxygen atoms in total. The average Bonchev–Trinajstić information content (AvgIpc) is 2.70. The van der Waals surface area contributed by atoms with Crippen LogP contribution in [-0.4, -0.2) is 31.1 Å². The molecule has 0 spiro atoms. The van der Waals surface area contributed by atoms with Crippen molar-refractivity contribution in [1.29, 1.82) is 0 Å². The lowest BCUT2D eigenvalue weighted by atomic mass is 10.1. The molecule has 0 saturated heterocycles. The van der Waals surface area contributed by atoms with E-state index in [-0.39, 0.29) is 5.97 Å². The molecule has 1 rings (SSSR count). The monoisotopic (exact) mass is 389 g/mol. The van der Waals surface area contributed by atoms with E-state index < -0.39 is 0 Å². The van der Waals surface area contributed by atoms with Gasteiger partial charge in [-0.05, 0) is 38.4 Å². The van der Waals surface area contributed by atoms with Crippen LogP contribution in [0.15, 0.2) is 30.3 Å². The molecule has 0 aromatic heterocycles. The van der Waals surface area contributed by atoms with Crippen LogP contribution in [0.1, 0.15) is 96.0 Å². The maximum absolute atomic E-state index is 11.8. The number of benzene rings is 1. The van der Waals surface area contributed by atoms with Crippen LogP contribution in [0, 0.1) is 0 Å². The molecule has 28 heavy (non-hydrogen) atoms. The molecule has 0 aliphatic heterocycles.